The van der Waals surface area contributed by atoms with E-state index >= 15 is 0 Å². The molecule has 1 heterocycles. The SMILES string of the molecule is CCCCCCNC(=O)c1occc1C. The number of nitrogens with one attached hydrogen (secondary N) is 1. The zero-order valence-corrected chi connectivity index (χ0v) is 9.51. The molecule has 0 saturated carbocycles. The van der Waals surface area contributed by atoms with Crippen LogP contribution in [0, 0.1) is 6.92 Å². The maximum absolute atomic E-state index is 11.6. The lowest BCUT2D eigenvalue weighted by Gasteiger charge is -2.03. The first-order chi connectivity index (χ1) is 7.25. The molecule has 0 atom stereocenters. The minimum atomic E-state index is -0.103. The molecule has 0 unspecified atom stereocenters. The van der Waals surface area contributed by atoms with Crippen LogP contribution in [0.25, 0.3) is 0 Å². The summed E-state index contributed by atoms with van der Waals surface area (Å²) in [5, 5.41) is 2.85. The van der Waals surface area contributed by atoms with Crippen LogP contribution in [0.3, 0.4) is 0 Å². The summed E-state index contributed by atoms with van der Waals surface area (Å²) in [5.74, 6) is 0.333. The van der Waals surface area contributed by atoms with E-state index < -0.39 is 0 Å². The number of unbranched alkanes of at least 4 members (excludes halogenated alkanes) is 3. The molecule has 0 aliphatic rings. The minimum Gasteiger partial charge on any atom is -0.459 e. The van der Waals surface area contributed by atoms with Crippen LogP contribution in [0.2, 0.25) is 0 Å². The number of hydrogen-bond donors (Lipinski definition) is 1. The zero-order chi connectivity index (χ0) is 11.1. The Morgan fingerprint density at radius 3 is 2.80 bits per heavy atom. The fourth-order valence-corrected chi connectivity index (χ4v) is 1.44. The molecule has 1 rings (SSSR count). The molecule has 0 radical (unpaired) electrons. The fraction of sp³-hybridized carbons (Fsp3) is 0.583. The molecule has 3 heteroatoms. The molecule has 1 N–H and O–H groups in total. The maximum Gasteiger partial charge on any atom is 0.287 e. The van der Waals surface area contributed by atoms with Crippen molar-refractivity contribution in [1.82, 2.24) is 5.32 Å². The highest BCUT2D eigenvalue weighted by atomic mass is 16.3. The Balaban J connectivity index is 2.22. The van der Waals surface area contributed by atoms with E-state index in [0.29, 0.717) is 5.76 Å². The van der Waals surface area contributed by atoms with Gasteiger partial charge in [-0.15, -0.1) is 0 Å². The van der Waals surface area contributed by atoms with Crippen LogP contribution in [-0.2, 0) is 0 Å². The van der Waals surface area contributed by atoms with Crippen molar-refractivity contribution >= 4 is 5.91 Å². The van der Waals surface area contributed by atoms with E-state index in [2.05, 4.69) is 12.2 Å². The summed E-state index contributed by atoms with van der Waals surface area (Å²) in [5.41, 5.74) is 0.890. The van der Waals surface area contributed by atoms with E-state index in [0.717, 1.165) is 18.5 Å². The van der Waals surface area contributed by atoms with E-state index in [9.17, 15) is 4.79 Å². The smallest absolute Gasteiger partial charge is 0.287 e. The van der Waals surface area contributed by atoms with Gasteiger partial charge in [-0.3, -0.25) is 4.79 Å². The largest absolute Gasteiger partial charge is 0.459 e. The van der Waals surface area contributed by atoms with Gasteiger partial charge in [-0.25, -0.2) is 0 Å². The second kappa shape index (κ2) is 6.27. The third-order valence-electron chi connectivity index (χ3n) is 2.38. The van der Waals surface area contributed by atoms with Gasteiger partial charge in [0.15, 0.2) is 5.76 Å². The van der Waals surface area contributed by atoms with Gasteiger partial charge in [-0.2, -0.15) is 0 Å². The van der Waals surface area contributed by atoms with Gasteiger partial charge in [0.25, 0.3) is 5.91 Å². The summed E-state index contributed by atoms with van der Waals surface area (Å²) < 4.78 is 5.09. The average molecular weight is 209 g/mol. The van der Waals surface area contributed by atoms with Crippen molar-refractivity contribution in [2.75, 3.05) is 6.54 Å². The van der Waals surface area contributed by atoms with Crippen LogP contribution in [0.4, 0.5) is 0 Å². The summed E-state index contributed by atoms with van der Waals surface area (Å²) >= 11 is 0. The molecule has 0 spiro atoms. The third kappa shape index (κ3) is 3.78. The first-order valence-corrected chi connectivity index (χ1v) is 5.58. The molecule has 0 aliphatic heterocycles. The van der Waals surface area contributed by atoms with Crippen molar-refractivity contribution in [2.45, 2.75) is 39.5 Å². The van der Waals surface area contributed by atoms with Crippen LogP contribution >= 0.6 is 0 Å². The summed E-state index contributed by atoms with van der Waals surface area (Å²) in [4.78, 5) is 11.6. The lowest BCUT2D eigenvalue weighted by atomic mass is 10.2. The summed E-state index contributed by atoms with van der Waals surface area (Å²) in [6.07, 6.45) is 6.20. The Morgan fingerprint density at radius 2 is 2.20 bits per heavy atom. The van der Waals surface area contributed by atoms with Gasteiger partial charge in [0.2, 0.25) is 0 Å². The third-order valence-corrected chi connectivity index (χ3v) is 2.38. The summed E-state index contributed by atoms with van der Waals surface area (Å²) in [6, 6.07) is 1.80. The van der Waals surface area contributed by atoms with Crippen LogP contribution < -0.4 is 5.32 Å². The van der Waals surface area contributed by atoms with E-state index in [1.807, 2.05) is 6.92 Å². The standard InChI is InChI=1S/C12H19NO2/c1-3-4-5-6-8-13-12(14)11-10(2)7-9-15-11/h7,9H,3-6,8H2,1-2H3,(H,13,14). The Morgan fingerprint density at radius 1 is 1.40 bits per heavy atom. The van der Waals surface area contributed by atoms with Crippen molar-refractivity contribution in [3.63, 3.8) is 0 Å². The van der Waals surface area contributed by atoms with Gasteiger partial charge in [0.1, 0.15) is 0 Å². The number of amides is 1. The van der Waals surface area contributed by atoms with Gasteiger partial charge in [-0.1, -0.05) is 26.2 Å². The van der Waals surface area contributed by atoms with Crippen molar-refractivity contribution < 1.29 is 9.21 Å². The van der Waals surface area contributed by atoms with Crippen LogP contribution in [0.5, 0.6) is 0 Å². The number of hydrogen-bond acceptors (Lipinski definition) is 2. The average Bonchev–Trinajstić information content (AvgIpc) is 2.64. The first kappa shape index (κ1) is 11.8. The topological polar surface area (TPSA) is 42.2 Å². The molecule has 1 aromatic rings. The Bertz CT molecular complexity index is 304. The Kier molecular flexibility index (Phi) is 4.95. The van der Waals surface area contributed by atoms with E-state index in [4.69, 9.17) is 4.42 Å². The van der Waals surface area contributed by atoms with Gasteiger partial charge >= 0.3 is 0 Å². The van der Waals surface area contributed by atoms with Gasteiger partial charge in [0, 0.05) is 12.1 Å². The van der Waals surface area contributed by atoms with E-state index in [-0.39, 0.29) is 5.91 Å². The van der Waals surface area contributed by atoms with Gasteiger partial charge < -0.3 is 9.73 Å². The maximum atomic E-state index is 11.6. The minimum absolute atomic E-state index is 0.103. The summed E-state index contributed by atoms with van der Waals surface area (Å²) in [6.45, 7) is 4.78. The second-order valence-corrected chi connectivity index (χ2v) is 3.75. The molecular formula is C12H19NO2. The molecule has 1 aromatic heterocycles. The number of aryl methyl sites for hydroxylation is 1. The zero-order valence-electron chi connectivity index (χ0n) is 9.51. The Labute approximate surface area is 90.9 Å². The normalized spacial score (nSPS) is 10.3. The molecule has 84 valence electrons. The van der Waals surface area contributed by atoms with Crippen molar-refractivity contribution in [2.24, 2.45) is 0 Å². The van der Waals surface area contributed by atoms with Crippen LogP contribution in [0.15, 0.2) is 16.7 Å². The molecule has 0 aromatic carbocycles. The molecule has 0 bridgehead atoms. The van der Waals surface area contributed by atoms with Gasteiger partial charge in [-0.05, 0) is 19.4 Å². The van der Waals surface area contributed by atoms with Crippen molar-refractivity contribution in [3.8, 4) is 0 Å². The predicted octanol–water partition coefficient (Wildman–Crippen LogP) is 2.90. The van der Waals surface area contributed by atoms with Crippen LogP contribution in [0.1, 0.15) is 48.7 Å². The molecule has 0 saturated heterocycles. The fourth-order valence-electron chi connectivity index (χ4n) is 1.44. The number of carbonyl (C=O) groups excluding carboxylic acids is 1. The van der Waals surface area contributed by atoms with Crippen molar-refractivity contribution in [1.29, 1.82) is 0 Å². The molecular weight excluding hydrogens is 190 g/mol. The highest BCUT2D eigenvalue weighted by molar-refractivity contribution is 5.92. The predicted molar refractivity (Wildman–Crippen MR) is 59.9 cm³/mol. The highest BCUT2D eigenvalue weighted by Gasteiger charge is 2.10. The van der Waals surface area contributed by atoms with E-state index in [1.54, 1.807) is 12.3 Å². The first-order valence-electron chi connectivity index (χ1n) is 5.58. The molecule has 0 aliphatic carbocycles. The molecule has 15 heavy (non-hydrogen) atoms. The van der Waals surface area contributed by atoms with Crippen LogP contribution in [-0.4, -0.2) is 12.5 Å². The van der Waals surface area contributed by atoms with Gasteiger partial charge in [0.05, 0.1) is 6.26 Å². The molecule has 0 fully saturated rings. The quantitative estimate of drug-likeness (QED) is 0.732. The second-order valence-electron chi connectivity index (χ2n) is 3.75. The Hall–Kier alpha value is -1.25. The lowest BCUT2D eigenvalue weighted by Crippen LogP contribution is -2.24. The monoisotopic (exact) mass is 209 g/mol. The molecule has 3 nitrogen and oxygen atoms in total. The number of carbonyl (C=O) groups is 1. The summed E-state index contributed by atoms with van der Waals surface area (Å²) in [7, 11) is 0. The van der Waals surface area contributed by atoms with Crippen molar-refractivity contribution in [3.05, 3.63) is 23.7 Å². The number of furan rings is 1. The molecule has 1 amide bonds. The van der Waals surface area contributed by atoms with E-state index in [1.165, 1.54) is 19.3 Å². The lowest BCUT2D eigenvalue weighted by molar-refractivity contribution is 0.0924. The highest BCUT2D eigenvalue weighted by Crippen LogP contribution is 2.08. The number of rotatable bonds is 6.